The van der Waals surface area contributed by atoms with E-state index in [1.165, 1.54) is 22.2 Å². The quantitative estimate of drug-likeness (QED) is 0.469. The molecule has 0 aliphatic rings. The fourth-order valence-corrected chi connectivity index (χ4v) is 4.63. The van der Waals surface area contributed by atoms with Gasteiger partial charge < -0.3 is 9.84 Å². The van der Waals surface area contributed by atoms with Crippen LogP contribution in [-0.2, 0) is 17.9 Å². The average Bonchev–Trinajstić information content (AvgIpc) is 3.35. The van der Waals surface area contributed by atoms with Gasteiger partial charge in [0.25, 0.3) is 5.56 Å². The highest BCUT2D eigenvalue weighted by molar-refractivity contribution is 7.22. The molecule has 0 saturated heterocycles. The van der Waals surface area contributed by atoms with Crippen LogP contribution in [0, 0.1) is 0 Å². The molecule has 4 rings (SSSR count). The van der Waals surface area contributed by atoms with Gasteiger partial charge in [0, 0.05) is 14.8 Å². The van der Waals surface area contributed by atoms with E-state index in [9.17, 15) is 9.90 Å². The Balaban J connectivity index is 1.47. The molecule has 4 aromatic rings. The minimum absolute atomic E-state index is 0.139. The van der Waals surface area contributed by atoms with Crippen LogP contribution in [-0.4, -0.2) is 27.4 Å². The average molecular weight is 433 g/mol. The molecule has 0 saturated carbocycles. The van der Waals surface area contributed by atoms with Crippen LogP contribution in [0.5, 0.6) is 0 Å². The third kappa shape index (κ3) is 4.34. The van der Waals surface area contributed by atoms with Gasteiger partial charge in [-0.2, -0.15) is 0 Å². The zero-order valence-corrected chi connectivity index (χ0v) is 17.1. The lowest BCUT2D eigenvalue weighted by Crippen LogP contribution is -2.29. The van der Waals surface area contributed by atoms with E-state index < -0.39 is 6.10 Å². The molecule has 1 atom stereocenters. The van der Waals surface area contributed by atoms with Crippen molar-refractivity contribution in [1.29, 1.82) is 0 Å². The number of aliphatic hydroxyl groups is 1. The van der Waals surface area contributed by atoms with Gasteiger partial charge in [-0.15, -0.1) is 22.7 Å². The number of aromatic nitrogens is 2. The van der Waals surface area contributed by atoms with Crippen LogP contribution in [0.1, 0.15) is 4.88 Å². The summed E-state index contributed by atoms with van der Waals surface area (Å²) in [6, 6.07) is 13.3. The van der Waals surface area contributed by atoms with E-state index in [1.54, 1.807) is 11.3 Å². The smallest absolute Gasteiger partial charge is 0.271 e. The van der Waals surface area contributed by atoms with Crippen molar-refractivity contribution < 1.29 is 9.84 Å². The second-order valence-corrected chi connectivity index (χ2v) is 8.80. The molecule has 144 valence electrons. The highest BCUT2D eigenvalue weighted by Crippen LogP contribution is 2.31. The Kier molecular flexibility index (Phi) is 5.89. The number of halogens is 1. The van der Waals surface area contributed by atoms with Gasteiger partial charge in [0.05, 0.1) is 37.7 Å². The van der Waals surface area contributed by atoms with E-state index in [1.807, 2.05) is 47.8 Å². The Labute approximate surface area is 174 Å². The van der Waals surface area contributed by atoms with Gasteiger partial charge in [-0.25, -0.2) is 4.98 Å². The van der Waals surface area contributed by atoms with E-state index in [4.69, 9.17) is 16.3 Å². The summed E-state index contributed by atoms with van der Waals surface area (Å²) in [5, 5.41) is 12.9. The molecular formula is C20H17ClN2O3S2. The number of hydrogen-bond donors (Lipinski definition) is 1. The number of hydrogen-bond acceptors (Lipinski definition) is 6. The predicted octanol–water partition coefficient (Wildman–Crippen LogP) is 4.42. The van der Waals surface area contributed by atoms with Crippen molar-refractivity contribution in [2.75, 3.05) is 6.61 Å². The molecule has 1 aromatic carbocycles. The molecule has 3 aromatic heterocycles. The third-order valence-electron chi connectivity index (χ3n) is 4.17. The molecule has 5 nitrogen and oxygen atoms in total. The Morgan fingerprint density at radius 3 is 2.82 bits per heavy atom. The van der Waals surface area contributed by atoms with Crippen LogP contribution >= 0.6 is 34.3 Å². The van der Waals surface area contributed by atoms with Crippen LogP contribution in [0.15, 0.2) is 59.0 Å². The van der Waals surface area contributed by atoms with E-state index in [0.29, 0.717) is 21.8 Å². The van der Waals surface area contributed by atoms with E-state index in [-0.39, 0.29) is 18.7 Å². The molecule has 0 radical (unpaired) electrons. The molecule has 0 aliphatic heterocycles. The molecule has 0 aliphatic carbocycles. The summed E-state index contributed by atoms with van der Waals surface area (Å²) in [7, 11) is 0. The van der Waals surface area contributed by atoms with Crippen molar-refractivity contribution in [3.8, 4) is 10.4 Å². The zero-order valence-electron chi connectivity index (χ0n) is 14.7. The first-order valence-electron chi connectivity index (χ1n) is 8.63. The third-order valence-corrected chi connectivity index (χ3v) is 6.44. The van der Waals surface area contributed by atoms with Gasteiger partial charge in [0.2, 0.25) is 0 Å². The minimum atomic E-state index is -0.785. The Morgan fingerprint density at radius 1 is 1.25 bits per heavy atom. The monoisotopic (exact) mass is 432 g/mol. The maximum atomic E-state index is 12.8. The summed E-state index contributed by atoms with van der Waals surface area (Å²) in [5.41, 5.74) is 1.48. The van der Waals surface area contributed by atoms with Crippen LogP contribution in [0.25, 0.3) is 20.7 Å². The Hall–Kier alpha value is -2.03. The van der Waals surface area contributed by atoms with Crippen LogP contribution in [0.2, 0.25) is 5.02 Å². The lowest BCUT2D eigenvalue weighted by Gasteiger charge is -2.12. The number of rotatable bonds is 7. The van der Waals surface area contributed by atoms with Gasteiger partial charge in [0.1, 0.15) is 4.70 Å². The van der Waals surface area contributed by atoms with Crippen molar-refractivity contribution >= 4 is 44.5 Å². The van der Waals surface area contributed by atoms with Crippen molar-refractivity contribution in [2.24, 2.45) is 0 Å². The summed E-state index contributed by atoms with van der Waals surface area (Å²) >= 11 is 8.94. The Morgan fingerprint density at radius 2 is 2.07 bits per heavy atom. The summed E-state index contributed by atoms with van der Waals surface area (Å²) < 4.78 is 7.53. The maximum absolute atomic E-state index is 12.8. The molecule has 1 N–H and O–H groups in total. The molecule has 8 heteroatoms. The molecule has 0 fully saturated rings. The number of fused-ring (bicyclic) bond motifs is 1. The van der Waals surface area contributed by atoms with Gasteiger partial charge in [-0.3, -0.25) is 9.36 Å². The Bertz CT molecular complexity index is 1120. The first-order valence-corrected chi connectivity index (χ1v) is 10.7. The molecule has 0 amide bonds. The number of aliphatic hydroxyl groups excluding tert-OH is 1. The molecule has 0 spiro atoms. The number of ether oxygens (including phenoxy) is 1. The fraction of sp³-hybridized carbons (Fsp3) is 0.200. The standard InChI is InChI=1S/C20H17ClN2O3S2/c21-14-5-3-13(4-6-14)18-8-17-19(28-18)20(25)23(12-22-17)9-15(24)10-26-11-16-2-1-7-27-16/h1-8,12,15,24H,9-11H2. The molecular weight excluding hydrogens is 416 g/mol. The molecule has 28 heavy (non-hydrogen) atoms. The molecule has 0 bridgehead atoms. The second kappa shape index (κ2) is 8.55. The van der Waals surface area contributed by atoms with E-state index in [0.717, 1.165) is 15.3 Å². The number of benzene rings is 1. The normalized spacial score (nSPS) is 12.5. The minimum Gasteiger partial charge on any atom is -0.389 e. The topological polar surface area (TPSA) is 64.4 Å². The van der Waals surface area contributed by atoms with Crippen LogP contribution in [0.4, 0.5) is 0 Å². The van der Waals surface area contributed by atoms with Crippen LogP contribution in [0.3, 0.4) is 0 Å². The highest BCUT2D eigenvalue weighted by atomic mass is 35.5. The molecule has 3 heterocycles. The van der Waals surface area contributed by atoms with Crippen molar-refractivity contribution in [3.05, 3.63) is 74.4 Å². The fourth-order valence-electron chi connectivity index (χ4n) is 2.80. The van der Waals surface area contributed by atoms with Gasteiger partial charge in [-0.05, 0) is 35.2 Å². The summed E-state index contributed by atoms with van der Waals surface area (Å²) in [4.78, 5) is 19.2. The lowest BCUT2D eigenvalue weighted by molar-refractivity contribution is 0.0208. The lowest BCUT2D eigenvalue weighted by atomic mass is 10.2. The van der Waals surface area contributed by atoms with Crippen molar-refractivity contribution in [1.82, 2.24) is 9.55 Å². The highest BCUT2D eigenvalue weighted by Gasteiger charge is 2.13. The predicted molar refractivity (Wildman–Crippen MR) is 114 cm³/mol. The van der Waals surface area contributed by atoms with Gasteiger partial charge >= 0.3 is 0 Å². The van der Waals surface area contributed by atoms with Crippen molar-refractivity contribution in [2.45, 2.75) is 19.3 Å². The van der Waals surface area contributed by atoms with E-state index >= 15 is 0 Å². The number of nitrogens with zero attached hydrogens (tertiary/aromatic N) is 2. The number of thiophene rings is 2. The van der Waals surface area contributed by atoms with Crippen molar-refractivity contribution in [3.63, 3.8) is 0 Å². The summed E-state index contributed by atoms with van der Waals surface area (Å²) in [6.45, 7) is 0.750. The molecule has 1 unspecified atom stereocenters. The maximum Gasteiger partial charge on any atom is 0.271 e. The van der Waals surface area contributed by atoms with Crippen LogP contribution < -0.4 is 5.56 Å². The zero-order chi connectivity index (χ0) is 19.5. The first kappa shape index (κ1) is 19.3. The van der Waals surface area contributed by atoms with Gasteiger partial charge in [-0.1, -0.05) is 29.8 Å². The summed E-state index contributed by atoms with van der Waals surface area (Å²) in [5.74, 6) is 0. The SMILES string of the molecule is O=c1c2sc(-c3ccc(Cl)cc3)cc2ncn1CC(O)COCc1cccs1. The second-order valence-electron chi connectivity index (χ2n) is 6.28. The largest absolute Gasteiger partial charge is 0.389 e. The first-order chi connectivity index (χ1) is 13.6. The summed E-state index contributed by atoms with van der Waals surface area (Å²) in [6.07, 6.45) is 0.693. The van der Waals surface area contributed by atoms with Gasteiger partial charge in [0.15, 0.2) is 0 Å². The van der Waals surface area contributed by atoms with E-state index in [2.05, 4.69) is 4.98 Å².